The predicted molar refractivity (Wildman–Crippen MR) is 117 cm³/mol. The predicted octanol–water partition coefficient (Wildman–Crippen LogP) is 4.08. The molecule has 0 saturated carbocycles. The third-order valence-corrected chi connectivity index (χ3v) is 5.73. The molecule has 2 heterocycles. The Bertz CT molecular complexity index is 1060. The molecular weight excluding hydrogens is 396 g/mol. The summed E-state index contributed by atoms with van der Waals surface area (Å²) in [6, 6.07) is 11.3. The van der Waals surface area contributed by atoms with E-state index in [1.54, 1.807) is 27.4 Å². The first-order valence-corrected chi connectivity index (χ1v) is 10.5. The molecule has 31 heavy (non-hydrogen) atoms. The van der Waals surface area contributed by atoms with Gasteiger partial charge in [0.2, 0.25) is 0 Å². The fourth-order valence-electron chi connectivity index (χ4n) is 4.15. The minimum Gasteiger partial charge on any atom is -0.493 e. The SMILES string of the molecule is COC[C@H]1CCCCN1C(=O)c1ccc2nc(Cc3ccc(OC)c(OC)c3)oc2c1. The summed E-state index contributed by atoms with van der Waals surface area (Å²) < 4.78 is 22.0. The Morgan fingerprint density at radius 1 is 1.10 bits per heavy atom. The lowest BCUT2D eigenvalue weighted by Crippen LogP contribution is -2.46. The highest BCUT2D eigenvalue weighted by Crippen LogP contribution is 2.29. The van der Waals surface area contributed by atoms with E-state index in [0.717, 1.165) is 36.9 Å². The molecule has 1 aromatic heterocycles. The minimum absolute atomic E-state index is 0.0153. The molecule has 1 atom stereocenters. The number of methoxy groups -OCH3 is 3. The standard InChI is InChI=1S/C24H28N2O5/c1-28-15-18-6-4-5-11-26(18)24(27)17-8-9-19-21(14-17)31-23(25-19)13-16-7-10-20(29-2)22(12-16)30-3/h7-10,12,14,18H,4-6,11,13,15H2,1-3H3/t18-/m1/s1. The molecule has 1 aliphatic heterocycles. The number of carbonyl (C=O) groups is 1. The maximum atomic E-state index is 13.1. The minimum atomic E-state index is 0.0153. The van der Waals surface area contributed by atoms with E-state index in [0.29, 0.717) is 41.6 Å². The van der Waals surface area contributed by atoms with Gasteiger partial charge in [0, 0.05) is 25.6 Å². The third kappa shape index (κ3) is 4.51. The number of fused-ring (bicyclic) bond motifs is 1. The molecule has 0 aliphatic carbocycles. The van der Waals surface area contributed by atoms with Crippen LogP contribution in [0, 0.1) is 0 Å². The second-order valence-electron chi connectivity index (χ2n) is 7.76. The van der Waals surface area contributed by atoms with Gasteiger partial charge in [-0.05, 0) is 55.2 Å². The summed E-state index contributed by atoms with van der Waals surface area (Å²) >= 11 is 0. The maximum Gasteiger partial charge on any atom is 0.254 e. The van der Waals surface area contributed by atoms with Gasteiger partial charge in [-0.2, -0.15) is 0 Å². The molecule has 7 heteroatoms. The molecule has 7 nitrogen and oxygen atoms in total. The van der Waals surface area contributed by atoms with Crippen LogP contribution in [-0.2, 0) is 11.2 Å². The number of benzene rings is 2. The highest BCUT2D eigenvalue weighted by Gasteiger charge is 2.27. The molecule has 3 aromatic rings. The van der Waals surface area contributed by atoms with E-state index in [9.17, 15) is 4.79 Å². The second-order valence-corrected chi connectivity index (χ2v) is 7.76. The van der Waals surface area contributed by atoms with Crippen molar-refractivity contribution in [2.45, 2.75) is 31.7 Å². The number of ether oxygens (including phenoxy) is 3. The Balaban J connectivity index is 1.55. The van der Waals surface area contributed by atoms with Crippen LogP contribution in [0.4, 0.5) is 0 Å². The lowest BCUT2D eigenvalue weighted by atomic mass is 10.0. The number of oxazole rings is 1. The molecule has 2 aromatic carbocycles. The van der Waals surface area contributed by atoms with Crippen molar-refractivity contribution in [1.29, 1.82) is 0 Å². The Labute approximate surface area is 181 Å². The molecule has 1 aliphatic rings. The second kappa shape index (κ2) is 9.39. The van der Waals surface area contributed by atoms with E-state index >= 15 is 0 Å². The molecule has 4 rings (SSSR count). The number of hydrogen-bond donors (Lipinski definition) is 0. The van der Waals surface area contributed by atoms with Crippen LogP contribution in [0.5, 0.6) is 11.5 Å². The first kappa shape index (κ1) is 21.2. The lowest BCUT2D eigenvalue weighted by molar-refractivity contribution is 0.0428. The summed E-state index contributed by atoms with van der Waals surface area (Å²) in [5.41, 5.74) is 2.96. The third-order valence-electron chi connectivity index (χ3n) is 5.73. The fourth-order valence-corrected chi connectivity index (χ4v) is 4.15. The van der Waals surface area contributed by atoms with Crippen LogP contribution in [-0.4, -0.2) is 56.3 Å². The molecule has 0 spiro atoms. The van der Waals surface area contributed by atoms with Crippen molar-refractivity contribution in [3.8, 4) is 11.5 Å². The quantitative estimate of drug-likeness (QED) is 0.569. The van der Waals surface area contributed by atoms with Crippen molar-refractivity contribution >= 4 is 17.0 Å². The summed E-state index contributed by atoms with van der Waals surface area (Å²) in [6.45, 7) is 1.32. The number of aromatic nitrogens is 1. The number of amides is 1. The zero-order valence-corrected chi connectivity index (χ0v) is 18.2. The smallest absolute Gasteiger partial charge is 0.254 e. The molecule has 0 N–H and O–H groups in total. The van der Waals surface area contributed by atoms with E-state index in [1.807, 2.05) is 35.2 Å². The van der Waals surface area contributed by atoms with Gasteiger partial charge in [0.1, 0.15) is 5.52 Å². The van der Waals surface area contributed by atoms with Crippen LogP contribution >= 0.6 is 0 Å². The van der Waals surface area contributed by atoms with Crippen molar-refractivity contribution in [3.63, 3.8) is 0 Å². The summed E-state index contributed by atoms with van der Waals surface area (Å²) in [6.07, 6.45) is 3.63. The average molecular weight is 424 g/mol. The lowest BCUT2D eigenvalue weighted by Gasteiger charge is -2.35. The summed E-state index contributed by atoms with van der Waals surface area (Å²) in [7, 11) is 4.90. The van der Waals surface area contributed by atoms with Gasteiger partial charge in [0.25, 0.3) is 5.91 Å². The van der Waals surface area contributed by atoms with Gasteiger partial charge in [-0.15, -0.1) is 0 Å². The van der Waals surface area contributed by atoms with Gasteiger partial charge < -0.3 is 23.5 Å². The van der Waals surface area contributed by atoms with Gasteiger partial charge in [-0.1, -0.05) is 6.07 Å². The fraction of sp³-hybridized carbons (Fsp3) is 0.417. The first-order chi connectivity index (χ1) is 15.1. The van der Waals surface area contributed by atoms with Gasteiger partial charge in [0.05, 0.1) is 26.9 Å². The van der Waals surface area contributed by atoms with E-state index in [4.69, 9.17) is 18.6 Å². The summed E-state index contributed by atoms with van der Waals surface area (Å²) in [5.74, 6) is 1.94. The Hall–Kier alpha value is -3.06. The number of carbonyl (C=O) groups excluding carboxylic acids is 1. The number of piperidine rings is 1. The topological polar surface area (TPSA) is 74.0 Å². The number of hydrogen-bond acceptors (Lipinski definition) is 6. The van der Waals surface area contributed by atoms with Gasteiger partial charge >= 0.3 is 0 Å². The number of nitrogens with zero attached hydrogens (tertiary/aromatic N) is 2. The monoisotopic (exact) mass is 424 g/mol. The normalized spacial score (nSPS) is 16.5. The van der Waals surface area contributed by atoms with E-state index < -0.39 is 0 Å². The molecular formula is C24H28N2O5. The van der Waals surface area contributed by atoms with Crippen LogP contribution in [0.2, 0.25) is 0 Å². The van der Waals surface area contributed by atoms with Crippen LogP contribution in [0.15, 0.2) is 40.8 Å². The highest BCUT2D eigenvalue weighted by molar-refractivity contribution is 5.97. The Morgan fingerprint density at radius 2 is 1.94 bits per heavy atom. The molecule has 0 unspecified atom stereocenters. The summed E-state index contributed by atoms with van der Waals surface area (Å²) in [5, 5.41) is 0. The van der Waals surface area contributed by atoms with Crippen molar-refractivity contribution in [2.24, 2.45) is 0 Å². The van der Waals surface area contributed by atoms with Crippen molar-refractivity contribution < 1.29 is 23.4 Å². The van der Waals surface area contributed by atoms with Crippen molar-refractivity contribution in [2.75, 3.05) is 34.5 Å². The van der Waals surface area contributed by atoms with Crippen LogP contribution in [0.3, 0.4) is 0 Å². The van der Waals surface area contributed by atoms with E-state index in [-0.39, 0.29) is 11.9 Å². The molecule has 1 saturated heterocycles. The van der Waals surface area contributed by atoms with Crippen LogP contribution < -0.4 is 9.47 Å². The average Bonchev–Trinajstić information content (AvgIpc) is 3.20. The van der Waals surface area contributed by atoms with E-state index in [1.165, 1.54) is 0 Å². The maximum absolute atomic E-state index is 13.1. The van der Waals surface area contributed by atoms with Gasteiger partial charge in [-0.25, -0.2) is 4.98 Å². The molecule has 1 fully saturated rings. The van der Waals surface area contributed by atoms with Crippen LogP contribution in [0.25, 0.3) is 11.1 Å². The Morgan fingerprint density at radius 3 is 2.71 bits per heavy atom. The summed E-state index contributed by atoms with van der Waals surface area (Å²) in [4.78, 5) is 19.6. The zero-order valence-electron chi connectivity index (χ0n) is 18.2. The largest absolute Gasteiger partial charge is 0.493 e. The number of rotatable bonds is 7. The number of likely N-dealkylation sites (tertiary alicyclic amines) is 1. The van der Waals surface area contributed by atoms with Crippen molar-refractivity contribution in [3.05, 3.63) is 53.4 Å². The first-order valence-electron chi connectivity index (χ1n) is 10.5. The molecule has 0 bridgehead atoms. The highest BCUT2D eigenvalue weighted by atomic mass is 16.5. The zero-order chi connectivity index (χ0) is 21.8. The Kier molecular flexibility index (Phi) is 6.42. The molecule has 1 amide bonds. The van der Waals surface area contributed by atoms with Crippen molar-refractivity contribution in [1.82, 2.24) is 9.88 Å². The molecule has 164 valence electrons. The van der Waals surface area contributed by atoms with Gasteiger partial charge in [-0.3, -0.25) is 4.79 Å². The van der Waals surface area contributed by atoms with Crippen LogP contribution in [0.1, 0.15) is 41.1 Å². The van der Waals surface area contributed by atoms with Gasteiger partial charge in [0.15, 0.2) is 23.0 Å². The van der Waals surface area contributed by atoms with E-state index in [2.05, 4.69) is 4.98 Å². The molecule has 0 radical (unpaired) electrons.